The maximum Gasteiger partial charge on any atom is 0.253 e. The van der Waals surface area contributed by atoms with Crippen molar-refractivity contribution in [2.75, 3.05) is 26.7 Å². The van der Waals surface area contributed by atoms with Crippen LogP contribution in [0.25, 0.3) is 0 Å². The second kappa shape index (κ2) is 8.03. The highest BCUT2D eigenvalue weighted by Gasteiger charge is 2.22. The van der Waals surface area contributed by atoms with Gasteiger partial charge in [0.2, 0.25) is 0 Å². The van der Waals surface area contributed by atoms with Gasteiger partial charge in [-0.25, -0.2) is 0 Å². The van der Waals surface area contributed by atoms with Gasteiger partial charge in [0.05, 0.1) is 6.61 Å². The predicted molar refractivity (Wildman–Crippen MR) is 84.8 cm³/mol. The largest absolute Gasteiger partial charge is 0.494 e. The van der Waals surface area contributed by atoms with Crippen LogP contribution in [-0.4, -0.2) is 43.6 Å². The van der Waals surface area contributed by atoms with Crippen LogP contribution in [0.2, 0.25) is 0 Å². The second-order valence-corrected chi connectivity index (χ2v) is 5.63. The van der Waals surface area contributed by atoms with Crippen molar-refractivity contribution in [3.63, 3.8) is 0 Å². The Morgan fingerprint density at radius 1 is 1.38 bits per heavy atom. The van der Waals surface area contributed by atoms with Gasteiger partial charge in [0, 0.05) is 18.7 Å². The average Bonchev–Trinajstić information content (AvgIpc) is 2.81. The van der Waals surface area contributed by atoms with Crippen molar-refractivity contribution in [3.05, 3.63) is 29.8 Å². The first-order valence-electron chi connectivity index (χ1n) is 7.93. The summed E-state index contributed by atoms with van der Waals surface area (Å²) in [5.41, 5.74) is 0.711. The van der Waals surface area contributed by atoms with Crippen LogP contribution in [0.15, 0.2) is 24.3 Å². The zero-order valence-corrected chi connectivity index (χ0v) is 13.1. The Morgan fingerprint density at radius 2 is 2.24 bits per heavy atom. The minimum absolute atomic E-state index is 0.0869. The molecule has 0 spiro atoms. The van der Waals surface area contributed by atoms with Crippen LogP contribution in [0.3, 0.4) is 0 Å². The van der Waals surface area contributed by atoms with Crippen molar-refractivity contribution >= 4 is 5.91 Å². The maximum absolute atomic E-state index is 12.6. The number of carbonyl (C=O) groups is 1. The van der Waals surface area contributed by atoms with E-state index in [0.717, 1.165) is 44.5 Å². The quantitative estimate of drug-likeness (QED) is 0.906. The summed E-state index contributed by atoms with van der Waals surface area (Å²) in [6.45, 7) is 4.80. The molecule has 0 bridgehead atoms. The zero-order valence-electron chi connectivity index (χ0n) is 13.1. The second-order valence-electron chi connectivity index (χ2n) is 5.63. The maximum atomic E-state index is 12.6. The molecule has 116 valence electrons. The summed E-state index contributed by atoms with van der Waals surface area (Å²) >= 11 is 0. The van der Waals surface area contributed by atoms with Crippen molar-refractivity contribution in [2.24, 2.45) is 0 Å². The van der Waals surface area contributed by atoms with Gasteiger partial charge in [-0.15, -0.1) is 0 Å². The van der Waals surface area contributed by atoms with Gasteiger partial charge in [-0.05, 0) is 57.0 Å². The molecule has 2 rings (SSSR count). The van der Waals surface area contributed by atoms with Gasteiger partial charge in [-0.2, -0.15) is 0 Å². The SMILES string of the molecule is CCCOc1cccc(C(=O)N(C)C2CCCNCC2)c1. The molecule has 0 aliphatic carbocycles. The Bertz CT molecular complexity index is 454. The Balaban J connectivity index is 2.03. The van der Waals surface area contributed by atoms with E-state index in [0.29, 0.717) is 18.2 Å². The predicted octanol–water partition coefficient (Wildman–Crippen LogP) is 2.69. The molecule has 1 saturated heterocycles. The number of nitrogens with zero attached hydrogens (tertiary/aromatic N) is 1. The number of nitrogens with one attached hydrogen (secondary N) is 1. The van der Waals surface area contributed by atoms with Gasteiger partial charge in [0.25, 0.3) is 5.91 Å². The third kappa shape index (κ3) is 4.46. The molecule has 0 radical (unpaired) electrons. The molecule has 1 N–H and O–H groups in total. The molecule has 4 heteroatoms. The molecule has 1 fully saturated rings. The summed E-state index contributed by atoms with van der Waals surface area (Å²) in [4.78, 5) is 14.5. The Labute approximate surface area is 127 Å². The van der Waals surface area contributed by atoms with Gasteiger partial charge in [0.15, 0.2) is 0 Å². The number of ether oxygens (including phenoxy) is 1. The fraction of sp³-hybridized carbons (Fsp3) is 0.588. The number of hydrogen-bond acceptors (Lipinski definition) is 3. The molecule has 1 atom stereocenters. The Kier molecular flexibility index (Phi) is 6.05. The zero-order chi connectivity index (χ0) is 15.1. The van der Waals surface area contributed by atoms with Crippen LogP contribution in [0.1, 0.15) is 43.0 Å². The van der Waals surface area contributed by atoms with Crippen molar-refractivity contribution < 1.29 is 9.53 Å². The van der Waals surface area contributed by atoms with Gasteiger partial charge < -0.3 is 15.0 Å². The normalized spacial score (nSPS) is 18.9. The number of amides is 1. The first kappa shape index (κ1) is 15.8. The average molecular weight is 290 g/mol. The van der Waals surface area contributed by atoms with Crippen molar-refractivity contribution in [1.29, 1.82) is 0 Å². The van der Waals surface area contributed by atoms with Gasteiger partial charge >= 0.3 is 0 Å². The van der Waals surface area contributed by atoms with Crippen LogP contribution in [-0.2, 0) is 0 Å². The highest BCUT2D eigenvalue weighted by molar-refractivity contribution is 5.94. The van der Waals surface area contributed by atoms with E-state index in [1.54, 1.807) is 0 Å². The summed E-state index contributed by atoms with van der Waals surface area (Å²) in [6.07, 6.45) is 4.19. The van der Waals surface area contributed by atoms with Crippen molar-refractivity contribution in [1.82, 2.24) is 10.2 Å². The van der Waals surface area contributed by atoms with E-state index >= 15 is 0 Å². The van der Waals surface area contributed by atoms with E-state index in [2.05, 4.69) is 12.2 Å². The summed E-state index contributed by atoms with van der Waals surface area (Å²) in [7, 11) is 1.91. The number of hydrogen-bond donors (Lipinski definition) is 1. The number of rotatable bonds is 5. The van der Waals surface area contributed by atoms with E-state index in [9.17, 15) is 4.79 Å². The van der Waals surface area contributed by atoms with Gasteiger partial charge in [0.1, 0.15) is 5.75 Å². The highest BCUT2D eigenvalue weighted by atomic mass is 16.5. The number of carbonyl (C=O) groups excluding carboxylic acids is 1. The lowest BCUT2D eigenvalue weighted by molar-refractivity contribution is 0.0720. The smallest absolute Gasteiger partial charge is 0.253 e. The Hall–Kier alpha value is -1.55. The first-order chi connectivity index (χ1) is 10.2. The molecule has 1 unspecified atom stereocenters. The molecule has 4 nitrogen and oxygen atoms in total. The van der Waals surface area contributed by atoms with Crippen LogP contribution < -0.4 is 10.1 Å². The van der Waals surface area contributed by atoms with E-state index < -0.39 is 0 Å². The van der Waals surface area contributed by atoms with Crippen LogP contribution in [0.4, 0.5) is 0 Å². The Morgan fingerprint density at radius 3 is 3.05 bits per heavy atom. The molecule has 1 aliphatic rings. The molecule has 1 heterocycles. The monoisotopic (exact) mass is 290 g/mol. The van der Waals surface area contributed by atoms with Gasteiger partial charge in [-0.1, -0.05) is 13.0 Å². The minimum Gasteiger partial charge on any atom is -0.494 e. The van der Waals surface area contributed by atoms with Crippen molar-refractivity contribution in [3.8, 4) is 5.75 Å². The highest BCUT2D eigenvalue weighted by Crippen LogP contribution is 2.18. The number of benzene rings is 1. The summed E-state index contributed by atoms with van der Waals surface area (Å²) in [6, 6.07) is 7.84. The van der Waals surface area contributed by atoms with E-state index in [-0.39, 0.29) is 5.91 Å². The van der Waals surface area contributed by atoms with Crippen LogP contribution >= 0.6 is 0 Å². The van der Waals surface area contributed by atoms with E-state index in [4.69, 9.17) is 4.74 Å². The molecule has 0 aromatic heterocycles. The molecule has 1 aliphatic heterocycles. The molecular formula is C17H26N2O2. The first-order valence-corrected chi connectivity index (χ1v) is 7.93. The van der Waals surface area contributed by atoms with E-state index in [1.165, 1.54) is 0 Å². The molecule has 21 heavy (non-hydrogen) atoms. The third-order valence-corrected chi connectivity index (χ3v) is 3.97. The lowest BCUT2D eigenvalue weighted by Gasteiger charge is -2.27. The minimum atomic E-state index is 0.0869. The van der Waals surface area contributed by atoms with Crippen LogP contribution in [0.5, 0.6) is 5.75 Å². The van der Waals surface area contributed by atoms with Crippen molar-refractivity contribution in [2.45, 2.75) is 38.6 Å². The van der Waals surface area contributed by atoms with E-state index in [1.807, 2.05) is 36.2 Å². The lowest BCUT2D eigenvalue weighted by atomic mass is 10.1. The summed E-state index contributed by atoms with van der Waals surface area (Å²) in [5.74, 6) is 0.863. The van der Waals surface area contributed by atoms with Gasteiger partial charge in [-0.3, -0.25) is 4.79 Å². The molecule has 1 aromatic carbocycles. The fourth-order valence-electron chi connectivity index (χ4n) is 2.70. The summed E-state index contributed by atoms with van der Waals surface area (Å²) < 4.78 is 5.61. The molecule has 1 aromatic rings. The lowest BCUT2D eigenvalue weighted by Crippen LogP contribution is -2.37. The summed E-state index contributed by atoms with van der Waals surface area (Å²) in [5, 5.41) is 3.39. The molecule has 1 amide bonds. The fourth-order valence-corrected chi connectivity index (χ4v) is 2.70. The van der Waals surface area contributed by atoms with Crippen LogP contribution in [0, 0.1) is 0 Å². The third-order valence-electron chi connectivity index (χ3n) is 3.97. The molecule has 0 saturated carbocycles. The topological polar surface area (TPSA) is 41.6 Å². The standard InChI is InChI=1S/C17H26N2O2/c1-3-12-21-16-8-4-6-14(13-16)17(20)19(2)15-7-5-10-18-11-9-15/h4,6,8,13,15,18H,3,5,7,9-12H2,1-2H3. The molecular weight excluding hydrogens is 264 g/mol.